The van der Waals surface area contributed by atoms with E-state index >= 15 is 0 Å². The van der Waals surface area contributed by atoms with Crippen LogP contribution in [0.3, 0.4) is 0 Å². The maximum atomic E-state index is 14.7. The summed E-state index contributed by atoms with van der Waals surface area (Å²) in [4.78, 5) is 16.8. The molecule has 0 saturated carbocycles. The standard InChI is InChI=1S/C25H26FN3O2/c1-28(2)20-13-14-29(16-20)23-12-11-19(15-22(23)26)27-25(31)18-9-7-17(8-10-18)21-5-3-4-6-24(21)30/h3-12,15,20,30H,13-14,16H2,1-2H3,(H,27,31). The van der Waals surface area contributed by atoms with Gasteiger partial charge in [0.05, 0.1) is 5.69 Å². The van der Waals surface area contributed by atoms with Crippen molar-refractivity contribution in [1.29, 1.82) is 0 Å². The highest BCUT2D eigenvalue weighted by Gasteiger charge is 2.25. The van der Waals surface area contributed by atoms with Gasteiger partial charge in [0.1, 0.15) is 11.6 Å². The highest BCUT2D eigenvalue weighted by atomic mass is 19.1. The molecule has 31 heavy (non-hydrogen) atoms. The first-order chi connectivity index (χ1) is 14.9. The zero-order chi connectivity index (χ0) is 22.0. The summed E-state index contributed by atoms with van der Waals surface area (Å²) in [5, 5.41) is 12.7. The average molecular weight is 420 g/mol. The Balaban J connectivity index is 1.44. The molecule has 2 N–H and O–H groups in total. The van der Waals surface area contributed by atoms with Gasteiger partial charge in [0.25, 0.3) is 5.91 Å². The van der Waals surface area contributed by atoms with Crippen LogP contribution >= 0.6 is 0 Å². The van der Waals surface area contributed by atoms with Crippen molar-refractivity contribution in [3.63, 3.8) is 0 Å². The second-order valence-electron chi connectivity index (χ2n) is 8.07. The van der Waals surface area contributed by atoms with E-state index in [4.69, 9.17) is 0 Å². The van der Waals surface area contributed by atoms with E-state index in [0.717, 1.165) is 25.1 Å². The van der Waals surface area contributed by atoms with Gasteiger partial charge in [-0.15, -0.1) is 0 Å². The minimum atomic E-state index is -0.341. The minimum Gasteiger partial charge on any atom is -0.507 e. The number of nitrogens with zero attached hydrogens (tertiary/aromatic N) is 2. The maximum absolute atomic E-state index is 14.7. The number of carbonyl (C=O) groups is 1. The van der Waals surface area contributed by atoms with E-state index in [0.29, 0.717) is 28.5 Å². The molecule has 4 rings (SSSR count). The molecular formula is C25H26FN3O2. The van der Waals surface area contributed by atoms with Crippen LogP contribution in [0.1, 0.15) is 16.8 Å². The Labute approximate surface area is 181 Å². The first-order valence-corrected chi connectivity index (χ1v) is 10.3. The van der Waals surface area contributed by atoms with Crippen LogP contribution in [0.2, 0.25) is 0 Å². The molecule has 1 aliphatic rings. The zero-order valence-electron chi connectivity index (χ0n) is 17.7. The lowest BCUT2D eigenvalue weighted by atomic mass is 10.0. The molecule has 1 fully saturated rings. The Hall–Kier alpha value is -3.38. The summed E-state index contributed by atoms with van der Waals surface area (Å²) in [6.45, 7) is 1.60. The van der Waals surface area contributed by atoms with Crippen LogP contribution in [-0.2, 0) is 0 Å². The molecule has 1 heterocycles. The first kappa shape index (κ1) is 20.9. The Morgan fingerprint density at radius 2 is 1.84 bits per heavy atom. The fraction of sp³-hybridized carbons (Fsp3) is 0.240. The van der Waals surface area contributed by atoms with Crippen LogP contribution in [0, 0.1) is 5.82 Å². The average Bonchev–Trinajstić information content (AvgIpc) is 3.25. The first-order valence-electron chi connectivity index (χ1n) is 10.3. The summed E-state index contributed by atoms with van der Waals surface area (Å²) in [5.74, 6) is -0.470. The van der Waals surface area contributed by atoms with E-state index in [1.807, 2.05) is 31.1 Å². The summed E-state index contributed by atoms with van der Waals surface area (Å²) >= 11 is 0. The highest BCUT2D eigenvalue weighted by molar-refractivity contribution is 6.04. The van der Waals surface area contributed by atoms with Gasteiger partial charge >= 0.3 is 0 Å². The van der Waals surface area contributed by atoms with Crippen molar-refractivity contribution in [3.8, 4) is 16.9 Å². The van der Waals surface area contributed by atoms with Crippen LogP contribution in [0.15, 0.2) is 66.7 Å². The van der Waals surface area contributed by atoms with Crippen LogP contribution in [0.25, 0.3) is 11.1 Å². The number of benzene rings is 3. The number of halogens is 1. The molecular weight excluding hydrogens is 393 g/mol. The van der Waals surface area contributed by atoms with E-state index in [2.05, 4.69) is 10.2 Å². The Morgan fingerprint density at radius 1 is 1.10 bits per heavy atom. The van der Waals surface area contributed by atoms with Gasteiger partial charge < -0.3 is 20.2 Å². The summed E-state index contributed by atoms with van der Waals surface area (Å²) in [7, 11) is 4.08. The number of hydrogen-bond acceptors (Lipinski definition) is 4. The Morgan fingerprint density at radius 3 is 2.48 bits per heavy atom. The van der Waals surface area contributed by atoms with Crippen molar-refractivity contribution >= 4 is 17.3 Å². The fourth-order valence-corrected chi connectivity index (χ4v) is 3.95. The van der Waals surface area contributed by atoms with Crippen LogP contribution < -0.4 is 10.2 Å². The van der Waals surface area contributed by atoms with Crippen molar-refractivity contribution < 1.29 is 14.3 Å². The molecule has 3 aromatic carbocycles. The third-order valence-corrected chi connectivity index (χ3v) is 5.80. The molecule has 160 valence electrons. The lowest BCUT2D eigenvalue weighted by molar-refractivity contribution is 0.102. The molecule has 0 aliphatic carbocycles. The van der Waals surface area contributed by atoms with Crippen LogP contribution in [0.4, 0.5) is 15.8 Å². The number of phenolic OH excluding ortho intramolecular Hbond substituents is 1. The summed E-state index contributed by atoms with van der Waals surface area (Å²) in [6, 6.07) is 19.2. The number of rotatable bonds is 5. The molecule has 5 nitrogen and oxygen atoms in total. The third kappa shape index (κ3) is 4.54. The van der Waals surface area contributed by atoms with Crippen molar-refractivity contribution in [1.82, 2.24) is 4.90 Å². The number of phenols is 1. The fourth-order valence-electron chi connectivity index (χ4n) is 3.95. The van der Waals surface area contributed by atoms with Gasteiger partial charge in [0.2, 0.25) is 0 Å². The number of para-hydroxylation sites is 1. The molecule has 0 aromatic heterocycles. The molecule has 1 amide bonds. The van der Waals surface area contributed by atoms with Gasteiger partial charge in [-0.25, -0.2) is 4.39 Å². The molecule has 6 heteroatoms. The molecule has 1 atom stereocenters. The number of amides is 1. The van der Waals surface area contributed by atoms with E-state index in [-0.39, 0.29) is 17.5 Å². The Bertz CT molecular complexity index is 1080. The molecule has 3 aromatic rings. The zero-order valence-corrected chi connectivity index (χ0v) is 17.7. The van der Waals surface area contributed by atoms with Gasteiger partial charge in [-0.3, -0.25) is 4.79 Å². The van der Waals surface area contributed by atoms with Crippen LogP contribution in [0.5, 0.6) is 5.75 Å². The number of hydrogen-bond donors (Lipinski definition) is 2. The predicted molar refractivity (Wildman–Crippen MR) is 122 cm³/mol. The summed E-state index contributed by atoms with van der Waals surface area (Å²) in [5.41, 5.74) is 2.95. The maximum Gasteiger partial charge on any atom is 0.255 e. The molecule has 1 saturated heterocycles. The van der Waals surface area contributed by atoms with E-state index < -0.39 is 0 Å². The second kappa shape index (κ2) is 8.78. The quantitative estimate of drug-likeness (QED) is 0.635. The lowest BCUT2D eigenvalue weighted by Crippen LogP contribution is -2.31. The molecule has 0 bridgehead atoms. The molecule has 1 unspecified atom stereocenters. The Kier molecular flexibility index (Phi) is 5.91. The number of carbonyl (C=O) groups excluding carboxylic acids is 1. The SMILES string of the molecule is CN(C)C1CCN(c2ccc(NC(=O)c3ccc(-c4ccccc4O)cc3)cc2F)C1. The van der Waals surface area contributed by atoms with E-state index in [1.165, 1.54) is 6.07 Å². The lowest BCUT2D eigenvalue weighted by Gasteiger charge is -2.22. The molecule has 0 radical (unpaired) electrons. The van der Waals surface area contributed by atoms with Crippen LogP contribution in [-0.4, -0.2) is 49.1 Å². The van der Waals surface area contributed by atoms with Gasteiger partial charge in [0, 0.05) is 35.9 Å². The van der Waals surface area contributed by atoms with Crippen molar-refractivity contribution in [3.05, 3.63) is 78.1 Å². The summed E-state index contributed by atoms with van der Waals surface area (Å²) < 4.78 is 14.7. The van der Waals surface area contributed by atoms with Crippen molar-refractivity contribution in [2.45, 2.75) is 12.5 Å². The minimum absolute atomic E-state index is 0.185. The third-order valence-electron chi connectivity index (χ3n) is 5.80. The van der Waals surface area contributed by atoms with Gasteiger partial charge in [-0.2, -0.15) is 0 Å². The molecule has 1 aliphatic heterocycles. The molecule has 0 spiro atoms. The number of anilines is 2. The van der Waals surface area contributed by atoms with Gasteiger partial charge in [-0.1, -0.05) is 30.3 Å². The second-order valence-corrected chi connectivity index (χ2v) is 8.07. The smallest absolute Gasteiger partial charge is 0.255 e. The van der Waals surface area contributed by atoms with E-state index in [9.17, 15) is 14.3 Å². The number of aromatic hydroxyl groups is 1. The van der Waals surface area contributed by atoms with Crippen molar-refractivity contribution in [2.24, 2.45) is 0 Å². The monoisotopic (exact) mass is 419 g/mol. The summed E-state index contributed by atoms with van der Waals surface area (Å²) in [6.07, 6.45) is 1.00. The van der Waals surface area contributed by atoms with Gasteiger partial charge in [-0.05, 0) is 62.5 Å². The number of nitrogens with one attached hydrogen (secondary N) is 1. The van der Waals surface area contributed by atoms with Crippen molar-refractivity contribution in [2.75, 3.05) is 37.4 Å². The largest absolute Gasteiger partial charge is 0.507 e. The van der Waals surface area contributed by atoms with Gasteiger partial charge in [0.15, 0.2) is 0 Å². The topological polar surface area (TPSA) is 55.8 Å². The highest BCUT2D eigenvalue weighted by Crippen LogP contribution is 2.29. The van der Waals surface area contributed by atoms with E-state index in [1.54, 1.807) is 48.5 Å². The normalized spacial score (nSPS) is 16.0. The number of likely N-dealkylation sites (N-methyl/N-ethyl adjacent to an activating group) is 1. The predicted octanol–water partition coefficient (Wildman–Crippen LogP) is 4.59.